The Morgan fingerprint density at radius 2 is 1.90 bits per heavy atom. The minimum Gasteiger partial charge on any atom is -0.370 e. The summed E-state index contributed by atoms with van der Waals surface area (Å²) in [6, 6.07) is 13.1. The maximum atomic E-state index is 11.8. The number of aryl methyl sites for hydroxylation is 2. The van der Waals surface area contributed by atoms with E-state index < -0.39 is 11.9 Å². The Hall–Kier alpha value is -1.81. The zero-order chi connectivity index (χ0) is 14.7. The number of halogens is 1. The molecular formula is C16H17BrN2O. The van der Waals surface area contributed by atoms with Gasteiger partial charge in [-0.15, -0.1) is 0 Å². The number of anilines is 1. The van der Waals surface area contributed by atoms with Crippen LogP contribution >= 0.6 is 15.9 Å². The molecule has 1 atom stereocenters. The Kier molecular flexibility index (Phi) is 4.45. The summed E-state index contributed by atoms with van der Waals surface area (Å²) >= 11 is 3.50. The summed E-state index contributed by atoms with van der Waals surface area (Å²) in [5.74, 6) is -0.405. The van der Waals surface area contributed by atoms with Crippen molar-refractivity contribution in [2.24, 2.45) is 5.73 Å². The standard InChI is InChI=1S/C16H17BrN2O/c1-10-7-8-12(13(17)9-10)15(16(18)20)19-14-6-4-3-5-11(14)2/h3-9,15,19H,1-2H3,(H2,18,20). The van der Waals surface area contributed by atoms with Gasteiger partial charge in [0.05, 0.1) is 0 Å². The van der Waals surface area contributed by atoms with Crippen molar-refractivity contribution in [3.63, 3.8) is 0 Å². The molecule has 0 aliphatic rings. The average Bonchev–Trinajstić information content (AvgIpc) is 2.38. The summed E-state index contributed by atoms with van der Waals surface area (Å²) in [6.07, 6.45) is 0. The van der Waals surface area contributed by atoms with Crippen LogP contribution in [0.1, 0.15) is 22.7 Å². The molecule has 0 saturated carbocycles. The number of nitrogens with one attached hydrogen (secondary N) is 1. The van der Waals surface area contributed by atoms with E-state index in [1.807, 2.05) is 56.3 Å². The normalized spacial score (nSPS) is 11.9. The summed E-state index contributed by atoms with van der Waals surface area (Å²) < 4.78 is 0.877. The van der Waals surface area contributed by atoms with Crippen molar-refractivity contribution in [3.05, 3.63) is 63.6 Å². The molecule has 0 spiro atoms. The zero-order valence-electron chi connectivity index (χ0n) is 11.5. The molecule has 0 heterocycles. The number of carbonyl (C=O) groups excluding carboxylic acids is 1. The largest absolute Gasteiger partial charge is 0.370 e. The van der Waals surface area contributed by atoms with E-state index in [0.717, 1.165) is 26.9 Å². The van der Waals surface area contributed by atoms with Gasteiger partial charge in [-0.2, -0.15) is 0 Å². The number of hydrogen-bond acceptors (Lipinski definition) is 2. The maximum absolute atomic E-state index is 11.8. The highest BCUT2D eigenvalue weighted by atomic mass is 79.9. The van der Waals surface area contributed by atoms with E-state index in [1.165, 1.54) is 0 Å². The van der Waals surface area contributed by atoms with Crippen LogP contribution in [0.5, 0.6) is 0 Å². The number of nitrogens with two attached hydrogens (primary N) is 1. The van der Waals surface area contributed by atoms with E-state index in [1.54, 1.807) is 0 Å². The Labute approximate surface area is 127 Å². The number of rotatable bonds is 4. The van der Waals surface area contributed by atoms with E-state index in [4.69, 9.17) is 5.73 Å². The molecule has 0 radical (unpaired) electrons. The molecule has 1 amide bonds. The first-order chi connectivity index (χ1) is 9.49. The molecule has 2 rings (SSSR count). The Morgan fingerprint density at radius 1 is 1.20 bits per heavy atom. The lowest BCUT2D eigenvalue weighted by Crippen LogP contribution is -2.28. The maximum Gasteiger partial charge on any atom is 0.244 e. The van der Waals surface area contributed by atoms with Gasteiger partial charge in [0.15, 0.2) is 0 Å². The molecule has 4 heteroatoms. The summed E-state index contributed by atoms with van der Waals surface area (Å²) in [6.45, 7) is 3.99. The van der Waals surface area contributed by atoms with Crippen molar-refractivity contribution in [2.45, 2.75) is 19.9 Å². The second kappa shape index (κ2) is 6.09. The SMILES string of the molecule is Cc1ccc(C(Nc2ccccc2C)C(N)=O)c(Br)c1. The molecular weight excluding hydrogens is 316 g/mol. The van der Waals surface area contributed by atoms with Gasteiger partial charge in [0, 0.05) is 10.2 Å². The molecule has 2 aromatic rings. The van der Waals surface area contributed by atoms with Crippen LogP contribution in [0.25, 0.3) is 0 Å². The first kappa shape index (κ1) is 14.6. The van der Waals surface area contributed by atoms with Crippen molar-refractivity contribution in [3.8, 4) is 0 Å². The van der Waals surface area contributed by atoms with Gasteiger partial charge in [0.1, 0.15) is 6.04 Å². The third-order valence-corrected chi connectivity index (χ3v) is 3.88. The molecule has 2 aromatic carbocycles. The minimum atomic E-state index is -0.564. The van der Waals surface area contributed by atoms with E-state index in [0.29, 0.717) is 0 Å². The van der Waals surface area contributed by atoms with Crippen molar-refractivity contribution < 1.29 is 4.79 Å². The second-order valence-corrected chi connectivity index (χ2v) is 5.67. The van der Waals surface area contributed by atoms with Crippen LogP contribution in [0.3, 0.4) is 0 Å². The van der Waals surface area contributed by atoms with Crippen molar-refractivity contribution >= 4 is 27.5 Å². The van der Waals surface area contributed by atoms with E-state index >= 15 is 0 Å². The lowest BCUT2D eigenvalue weighted by atomic mass is 10.0. The summed E-state index contributed by atoms with van der Waals surface area (Å²) in [5, 5.41) is 3.22. The summed E-state index contributed by atoms with van der Waals surface area (Å²) in [7, 11) is 0. The molecule has 0 aliphatic heterocycles. The van der Waals surface area contributed by atoms with E-state index in [9.17, 15) is 4.79 Å². The monoisotopic (exact) mass is 332 g/mol. The van der Waals surface area contributed by atoms with Crippen LogP contribution in [0, 0.1) is 13.8 Å². The molecule has 0 aliphatic carbocycles. The summed E-state index contributed by atoms with van der Waals surface area (Å²) in [5.41, 5.74) is 9.49. The fraction of sp³-hybridized carbons (Fsp3) is 0.188. The van der Waals surface area contributed by atoms with Crippen LogP contribution in [0.4, 0.5) is 5.69 Å². The van der Waals surface area contributed by atoms with E-state index in [2.05, 4.69) is 21.2 Å². The second-order valence-electron chi connectivity index (χ2n) is 4.82. The van der Waals surface area contributed by atoms with Crippen LogP contribution in [-0.2, 0) is 4.79 Å². The quantitative estimate of drug-likeness (QED) is 0.896. The highest BCUT2D eigenvalue weighted by Gasteiger charge is 2.20. The van der Waals surface area contributed by atoms with Gasteiger partial charge in [-0.3, -0.25) is 4.79 Å². The molecule has 104 valence electrons. The lowest BCUT2D eigenvalue weighted by Gasteiger charge is -2.20. The molecule has 3 N–H and O–H groups in total. The molecule has 0 saturated heterocycles. The lowest BCUT2D eigenvalue weighted by molar-refractivity contribution is -0.118. The number of hydrogen-bond donors (Lipinski definition) is 2. The predicted octanol–water partition coefficient (Wildman–Crippen LogP) is 3.70. The average molecular weight is 333 g/mol. The number of carbonyl (C=O) groups is 1. The summed E-state index contributed by atoms with van der Waals surface area (Å²) in [4.78, 5) is 11.8. The molecule has 0 bridgehead atoms. The number of primary amides is 1. The van der Waals surface area contributed by atoms with Gasteiger partial charge in [-0.05, 0) is 42.7 Å². The number of benzene rings is 2. The van der Waals surface area contributed by atoms with Crippen LogP contribution < -0.4 is 11.1 Å². The Morgan fingerprint density at radius 3 is 2.50 bits per heavy atom. The van der Waals surface area contributed by atoms with Gasteiger partial charge in [0.2, 0.25) is 5.91 Å². The molecule has 3 nitrogen and oxygen atoms in total. The fourth-order valence-electron chi connectivity index (χ4n) is 2.06. The predicted molar refractivity (Wildman–Crippen MR) is 85.6 cm³/mol. The van der Waals surface area contributed by atoms with Gasteiger partial charge >= 0.3 is 0 Å². The van der Waals surface area contributed by atoms with E-state index in [-0.39, 0.29) is 0 Å². The first-order valence-electron chi connectivity index (χ1n) is 6.36. The molecule has 1 unspecified atom stereocenters. The fourth-order valence-corrected chi connectivity index (χ4v) is 2.78. The Bertz CT molecular complexity index is 640. The molecule has 20 heavy (non-hydrogen) atoms. The number of para-hydroxylation sites is 1. The van der Waals surface area contributed by atoms with Crippen LogP contribution in [0.15, 0.2) is 46.9 Å². The van der Waals surface area contributed by atoms with Crippen molar-refractivity contribution in [1.29, 1.82) is 0 Å². The van der Waals surface area contributed by atoms with Crippen molar-refractivity contribution in [2.75, 3.05) is 5.32 Å². The highest BCUT2D eigenvalue weighted by molar-refractivity contribution is 9.10. The van der Waals surface area contributed by atoms with Crippen molar-refractivity contribution in [1.82, 2.24) is 0 Å². The Balaban J connectivity index is 2.37. The molecule has 0 fully saturated rings. The highest BCUT2D eigenvalue weighted by Crippen LogP contribution is 2.28. The first-order valence-corrected chi connectivity index (χ1v) is 7.16. The smallest absolute Gasteiger partial charge is 0.244 e. The van der Waals surface area contributed by atoms with Gasteiger partial charge < -0.3 is 11.1 Å². The van der Waals surface area contributed by atoms with Gasteiger partial charge in [0.25, 0.3) is 0 Å². The van der Waals surface area contributed by atoms with Crippen LogP contribution in [-0.4, -0.2) is 5.91 Å². The topological polar surface area (TPSA) is 55.1 Å². The zero-order valence-corrected chi connectivity index (χ0v) is 13.1. The van der Waals surface area contributed by atoms with Crippen LogP contribution in [0.2, 0.25) is 0 Å². The van der Waals surface area contributed by atoms with Gasteiger partial charge in [-0.1, -0.05) is 46.3 Å². The minimum absolute atomic E-state index is 0.405. The van der Waals surface area contributed by atoms with Gasteiger partial charge in [-0.25, -0.2) is 0 Å². The third kappa shape index (κ3) is 3.20. The molecule has 0 aromatic heterocycles. The third-order valence-electron chi connectivity index (χ3n) is 3.20. The number of amides is 1.